The third kappa shape index (κ3) is 3.15. The van der Waals surface area contributed by atoms with E-state index >= 15 is 0 Å². The number of ether oxygens (including phenoxy) is 2. The number of allylic oxidation sites excluding steroid dienone is 1. The standard InChI is InChI=1S/C18H20N4O3S/c1-4-25-17(23)12-9(2)20-16-14(15(19)21-18(26)22-16)13(12)10-5-7-11(24-3)8-6-10/h5-8,13H,4H2,1-3H3,(H4,19,20,21,22,26). The highest BCUT2D eigenvalue weighted by Gasteiger charge is 2.35. The van der Waals surface area contributed by atoms with E-state index in [4.69, 9.17) is 27.4 Å². The molecule has 1 aromatic heterocycles. The fraction of sp³-hybridized carbons (Fsp3) is 0.278. The molecule has 8 heteroatoms. The number of hydrogen-bond acceptors (Lipinski definition) is 7. The Balaban J connectivity index is 2.23. The number of hydrogen-bond donors (Lipinski definition) is 3. The van der Waals surface area contributed by atoms with Crippen LogP contribution in [0.2, 0.25) is 0 Å². The van der Waals surface area contributed by atoms with E-state index in [0.717, 1.165) is 11.3 Å². The maximum Gasteiger partial charge on any atom is 0.336 e. The smallest absolute Gasteiger partial charge is 0.336 e. The number of nitrogens with one attached hydrogen (secondary N) is 2. The number of benzene rings is 1. The van der Waals surface area contributed by atoms with Gasteiger partial charge in [0.1, 0.15) is 17.4 Å². The van der Waals surface area contributed by atoms with Crippen LogP contribution in [-0.4, -0.2) is 29.7 Å². The summed E-state index contributed by atoms with van der Waals surface area (Å²) in [5.41, 5.74) is 8.89. The lowest BCUT2D eigenvalue weighted by Gasteiger charge is -2.30. The van der Waals surface area contributed by atoms with Crippen molar-refractivity contribution in [3.05, 3.63) is 51.4 Å². The highest BCUT2D eigenvalue weighted by Crippen LogP contribution is 2.43. The molecule has 0 bridgehead atoms. The molecule has 2 aromatic rings. The van der Waals surface area contributed by atoms with E-state index in [1.807, 2.05) is 31.2 Å². The molecule has 1 atom stereocenters. The second-order valence-corrected chi connectivity index (χ2v) is 6.19. The maximum absolute atomic E-state index is 12.7. The van der Waals surface area contributed by atoms with E-state index < -0.39 is 11.9 Å². The Kier molecular flexibility index (Phi) is 4.94. The minimum atomic E-state index is -0.435. The molecule has 3 rings (SSSR count). The highest BCUT2D eigenvalue weighted by molar-refractivity contribution is 7.71. The van der Waals surface area contributed by atoms with Gasteiger partial charge in [-0.2, -0.15) is 0 Å². The number of nitrogens with zero attached hydrogens (tertiary/aromatic N) is 1. The average molecular weight is 372 g/mol. The first-order chi connectivity index (χ1) is 12.5. The fourth-order valence-corrected chi connectivity index (χ4v) is 3.30. The SMILES string of the molecule is CCOC(=O)C1=C(C)Nc2nc(=S)[nH]c(N)c2C1c1ccc(OC)cc1. The van der Waals surface area contributed by atoms with Crippen LogP contribution in [0.4, 0.5) is 11.6 Å². The van der Waals surface area contributed by atoms with Gasteiger partial charge in [-0.3, -0.25) is 0 Å². The largest absolute Gasteiger partial charge is 0.497 e. The lowest BCUT2D eigenvalue weighted by atomic mass is 9.82. The van der Waals surface area contributed by atoms with Gasteiger partial charge in [-0.25, -0.2) is 9.78 Å². The normalized spacial score (nSPS) is 15.9. The summed E-state index contributed by atoms with van der Waals surface area (Å²) in [6, 6.07) is 7.46. The summed E-state index contributed by atoms with van der Waals surface area (Å²) >= 11 is 5.12. The molecule has 1 aliphatic heterocycles. The second kappa shape index (κ2) is 7.17. The number of nitrogen functional groups attached to an aromatic ring is 1. The van der Waals surface area contributed by atoms with Crippen LogP contribution in [-0.2, 0) is 9.53 Å². The summed E-state index contributed by atoms with van der Waals surface area (Å²) in [6.45, 7) is 3.86. The molecule has 136 valence electrons. The summed E-state index contributed by atoms with van der Waals surface area (Å²) in [6.07, 6.45) is 0. The number of aromatic nitrogens is 2. The number of esters is 1. The highest BCUT2D eigenvalue weighted by atomic mass is 32.1. The molecule has 1 aliphatic rings. The van der Waals surface area contributed by atoms with Gasteiger partial charge in [0, 0.05) is 11.3 Å². The topological polar surface area (TPSA) is 102 Å². The Labute approximate surface area is 156 Å². The minimum Gasteiger partial charge on any atom is -0.497 e. The van der Waals surface area contributed by atoms with Crippen LogP contribution in [0.25, 0.3) is 0 Å². The molecule has 4 N–H and O–H groups in total. The maximum atomic E-state index is 12.7. The monoisotopic (exact) mass is 372 g/mol. The number of anilines is 2. The van der Waals surface area contributed by atoms with Crippen molar-refractivity contribution in [2.45, 2.75) is 19.8 Å². The number of aromatic amines is 1. The molecule has 0 aliphatic carbocycles. The molecule has 0 amide bonds. The van der Waals surface area contributed by atoms with E-state index in [0.29, 0.717) is 28.5 Å². The van der Waals surface area contributed by atoms with E-state index in [1.54, 1.807) is 14.0 Å². The van der Waals surface area contributed by atoms with Gasteiger partial charge in [0.2, 0.25) is 0 Å². The average Bonchev–Trinajstić information content (AvgIpc) is 2.60. The van der Waals surface area contributed by atoms with Gasteiger partial charge in [-0.05, 0) is 43.8 Å². The number of methoxy groups -OCH3 is 1. The number of carbonyl (C=O) groups is 1. The molecule has 26 heavy (non-hydrogen) atoms. The Morgan fingerprint density at radius 3 is 2.65 bits per heavy atom. The Bertz CT molecular complexity index is 934. The van der Waals surface area contributed by atoms with Crippen molar-refractivity contribution in [1.29, 1.82) is 0 Å². The number of H-pyrrole nitrogens is 1. The van der Waals surface area contributed by atoms with Crippen LogP contribution >= 0.6 is 12.2 Å². The first-order valence-electron chi connectivity index (χ1n) is 8.14. The van der Waals surface area contributed by atoms with E-state index in [2.05, 4.69) is 15.3 Å². The molecule has 1 aromatic carbocycles. The van der Waals surface area contributed by atoms with Crippen LogP contribution in [0.3, 0.4) is 0 Å². The lowest BCUT2D eigenvalue weighted by Crippen LogP contribution is -2.26. The third-order valence-corrected chi connectivity index (χ3v) is 4.43. The first-order valence-corrected chi connectivity index (χ1v) is 8.55. The molecule has 7 nitrogen and oxygen atoms in total. The van der Waals surface area contributed by atoms with Gasteiger partial charge in [-0.15, -0.1) is 0 Å². The van der Waals surface area contributed by atoms with E-state index in [9.17, 15) is 4.79 Å². The number of carbonyl (C=O) groups excluding carboxylic acids is 1. The molecule has 2 heterocycles. The van der Waals surface area contributed by atoms with Crippen molar-refractivity contribution in [2.24, 2.45) is 0 Å². The summed E-state index contributed by atoms with van der Waals surface area (Å²) in [5.74, 6) is 0.793. The van der Waals surface area contributed by atoms with E-state index in [-0.39, 0.29) is 11.4 Å². The summed E-state index contributed by atoms with van der Waals surface area (Å²) < 4.78 is 10.8. The predicted molar refractivity (Wildman–Crippen MR) is 102 cm³/mol. The summed E-state index contributed by atoms with van der Waals surface area (Å²) in [5, 5.41) is 3.13. The summed E-state index contributed by atoms with van der Waals surface area (Å²) in [4.78, 5) is 19.9. The predicted octanol–water partition coefficient (Wildman–Crippen LogP) is 3.12. The summed E-state index contributed by atoms with van der Waals surface area (Å²) in [7, 11) is 1.60. The van der Waals surface area contributed by atoms with Crippen LogP contribution in [0.15, 0.2) is 35.5 Å². The van der Waals surface area contributed by atoms with Crippen molar-refractivity contribution >= 4 is 29.8 Å². The Hall–Kier alpha value is -2.87. The molecule has 1 unspecified atom stereocenters. The number of fused-ring (bicyclic) bond motifs is 1. The molecule has 0 saturated heterocycles. The zero-order valence-electron chi connectivity index (χ0n) is 14.8. The molecule has 0 radical (unpaired) electrons. The molecule has 0 spiro atoms. The van der Waals surface area contributed by atoms with Gasteiger partial charge in [-0.1, -0.05) is 12.1 Å². The van der Waals surface area contributed by atoms with Gasteiger partial charge in [0.05, 0.1) is 25.2 Å². The van der Waals surface area contributed by atoms with Gasteiger partial charge in [0.15, 0.2) is 4.77 Å². The zero-order valence-corrected chi connectivity index (χ0v) is 15.6. The quantitative estimate of drug-likeness (QED) is 0.560. The van der Waals surface area contributed by atoms with Crippen molar-refractivity contribution in [3.8, 4) is 5.75 Å². The fourth-order valence-electron chi connectivity index (χ4n) is 3.10. The van der Waals surface area contributed by atoms with Crippen molar-refractivity contribution in [2.75, 3.05) is 24.8 Å². The van der Waals surface area contributed by atoms with E-state index in [1.165, 1.54) is 0 Å². The van der Waals surface area contributed by atoms with Crippen molar-refractivity contribution in [3.63, 3.8) is 0 Å². The van der Waals surface area contributed by atoms with Crippen LogP contribution in [0.5, 0.6) is 5.75 Å². The van der Waals surface area contributed by atoms with Crippen molar-refractivity contribution < 1.29 is 14.3 Å². The van der Waals surface area contributed by atoms with Gasteiger partial charge < -0.3 is 25.5 Å². The van der Waals surface area contributed by atoms with Gasteiger partial charge in [0.25, 0.3) is 0 Å². The molecular weight excluding hydrogens is 352 g/mol. The van der Waals surface area contributed by atoms with Crippen molar-refractivity contribution in [1.82, 2.24) is 9.97 Å². The molecule has 0 fully saturated rings. The van der Waals surface area contributed by atoms with Crippen LogP contribution in [0, 0.1) is 4.77 Å². The van der Waals surface area contributed by atoms with Crippen LogP contribution < -0.4 is 15.8 Å². The third-order valence-electron chi connectivity index (χ3n) is 4.23. The lowest BCUT2D eigenvalue weighted by molar-refractivity contribution is -0.138. The van der Waals surface area contributed by atoms with Gasteiger partial charge >= 0.3 is 5.97 Å². The number of rotatable bonds is 4. The first kappa shape index (κ1) is 17.9. The molecule has 0 saturated carbocycles. The Morgan fingerprint density at radius 1 is 1.35 bits per heavy atom. The minimum absolute atomic E-state index is 0.273. The molecular formula is C18H20N4O3S. The number of nitrogens with two attached hydrogens (primary N) is 1. The zero-order chi connectivity index (χ0) is 18.8. The second-order valence-electron chi connectivity index (χ2n) is 5.81. The Morgan fingerprint density at radius 2 is 2.04 bits per heavy atom. The van der Waals surface area contributed by atoms with Crippen LogP contribution in [0.1, 0.15) is 30.9 Å².